The third-order valence-corrected chi connectivity index (χ3v) is 5.48. The summed E-state index contributed by atoms with van der Waals surface area (Å²) in [6.45, 7) is 5.04. The van der Waals surface area contributed by atoms with E-state index >= 15 is 0 Å². The van der Waals surface area contributed by atoms with E-state index in [0.29, 0.717) is 30.0 Å². The Balaban J connectivity index is 2.03. The molecule has 176 valence electrons. The number of ketones is 1. The molecule has 0 radical (unpaired) electrons. The molecule has 0 spiro atoms. The van der Waals surface area contributed by atoms with Crippen molar-refractivity contribution in [2.75, 3.05) is 34.3 Å². The summed E-state index contributed by atoms with van der Waals surface area (Å²) in [5.41, 5.74) is 1.28. The molecule has 7 nitrogen and oxygen atoms in total. The quantitative estimate of drug-likeness (QED) is 0.354. The van der Waals surface area contributed by atoms with Gasteiger partial charge in [0.2, 0.25) is 0 Å². The molecule has 1 heterocycles. The van der Waals surface area contributed by atoms with Gasteiger partial charge in [-0.25, -0.2) is 0 Å². The fraction of sp³-hybridized carbons (Fsp3) is 0.385. The smallest absolute Gasteiger partial charge is 0.295 e. The molecular formula is C26H32N2O5. The predicted octanol–water partition coefficient (Wildman–Crippen LogP) is 3.86. The van der Waals surface area contributed by atoms with Crippen LogP contribution < -0.4 is 9.47 Å². The van der Waals surface area contributed by atoms with E-state index in [1.54, 1.807) is 48.4 Å². The third-order valence-electron chi connectivity index (χ3n) is 5.48. The highest BCUT2D eigenvalue weighted by molar-refractivity contribution is 6.46. The fourth-order valence-electron chi connectivity index (χ4n) is 3.92. The van der Waals surface area contributed by atoms with Gasteiger partial charge in [0.05, 0.1) is 24.8 Å². The second kappa shape index (κ2) is 10.5. The summed E-state index contributed by atoms with van der Waals surface area (Å²) in [6, 6.07) is 13.4. The first kappa shape index (κ1) is 24.3. The molecule has 1 aliphatic rings. The maximum atomic E-state index is 13.1. The average molecular weight is 453 g/mol. The second-order valence-electron chi connectivity index (χ2n) is 8.61. The zero-order valence-corrected chi connectivity index (χ0v) is 19.9. The molecule has 0 bridgehead atoms. The molecule has 0 saturated carbocycles. The highest BCUT2D eigenvalue weighted by atomic mass is 16.5. The van der Waals surface area contributed by atoms with Crippen molar-refractivity contribution >= 4 is 17.4 Å². The standard InChI is InChI=1S/C26H32N2O5/c1-17(2)33-21-13-9-19(10-14-21)24(29)22-23(18-7-11-20(32-5)12-8-18)28(26(31)25(22)30)16-6-15-27(3)4/h7-14,17,23,29H,6,15-16H2,1-5H3/b24-22+/t23-/m0/s1. The summed E-state index contributed by atoms with van der Waals surface area (Å²) in [5.74, 6) is -0.140. The number of amides is 1. The lowest BCUT2D eigenvalue weighted by molar-refractivity contribution is -0.139. The van der Waals surface area contributed by atoms with E-state index in [1.165, 1.54) is 0 Å². The van der Waals surface area contributed by atoms with Crippen LogP contribution in [0.5, 0.6) is 11.5 Å². The molecule has 7 heteroatoms. The van der Waals surface area contributed by atoms with E-state index in [4.69, 9.17) is 9.47 Å². The van der Waals surface area contributed by atoms with E-state index in [-0.39, 0.29) is 17.4 Å². The van der Waals surface area contributed by atoms with Crippen LogP contribution in [0.3, 0.4) is 0 Å². The van der Waals surface area contributed by atoms with Crippen molar-refractivity contribution in [1.82, 2.24) is 9.80 Å². The van der Waals surface area contributed by atoms with Gasteiger partial charge in [0.25, 0.3) is 11.7 Å². The number of rotatable bonds is 9. The van der Waals surface area contributed by atoms with Crippen LogP contribution in [0.1, 0.15) is 37.4 Å². The minimum atomic E-state index is -0.680. The van der Waals surface area contributed by atoms with Gasteiger partial charge in [-0.1, -0.05) is 12.1 Å². The predicted molar refractivity (Wildman–Crippen MR) is 127 cm³/mol. The van der Waals surface area contributed by atoms with Crippen LogP contribution in [0.4, 0.5) is 0 Å². The highest BCUT2D eigenvalue weighted by Gasteiger charge is 2.45. The Morgan fingerprint density at radius 2 is 1.64 bits per heavy atom. The Labute approximate surface area is 195 Å². The molecule has 3 rings (SSSR count). The number of ether oxygens (including phenoxy) is 2. The number of aliphatic hydroxyl groups excluding tert-OH is 1. The summed E-state index contributed by atoms with van der Waals surface area (Å²) >= 11 is 0. The lowest BCUT2D eigenvalue weighted by Crippen LogP contribution is -2.32. The first-order valence-corrected chi connectivity index (χ1v) is 11.1. The fourth-order valence-corrected chi connectivity index (χ4v) is 3.92. The van der Waals surface area contributed by atoms with Crippen molar-refractivity contribution in [1.29, 1.82) is 0 Å². The molecule has 2 aromatic carbocycles. The molecule has 2 aromatic rings. The van der Waals surface area contributed by atoms with Crippen LogP contribution >= 0.6 is 0 Å². The van der Waals surface area contributed by atoms with Gasteiger partial charge in [-0.3, -0.25) is 9.59 Å². The first-order chi connectivity index (χ1) is 15.7. The molecule has 0 unspecified atom stereocenters. The highest BCUT2D eigenvalue weighted by Crippen LogP contribution is 2.40. The van der Waals surface area contributed by atoms with Gasteiger partial charge in [-0.15, -0.1) is 0 Å². The number of carbonyl (C=O) groups excluding carboxylic acids is 2. The number of benzene rings is 2. The second-order valence-corrected chi connectivity index (χ2v) is 8.61. The van der Waals surface area contributed by atoms with E-state index in [1.807, 2.05) is 45.0 Å². The Kier molecular flexibility index (Phi) is 7.76. The lowest BCUT2D eigenvalue weighted by atomic mass is 9.95. The number of aliphatic hydroxyl groups is 1. The summed E-state index contributed by atoms with van der Waals surface area (Å²) in [6.07, 6.45) is 0.723. The number of Topliss-reactive ketones (excluding diaryl/α,β-unsaturated/α-hetero) is 1. The van der Waals surface area contributed by atoms with E-state index in [2.05, 4.69) is 0 Å². The van der Waals surface area contributed by atoms with Gasteiger partial charge < -0.3 is 24.4 Å². The number of hydrogen-bond donors (Lipinski definition) is 1. The number of likely N-dealkylation sites (tertiary alicyclic amines) is 1. The topological polar surface area (TPSA) is 79.3 Å². The van der Waals surface area contributed by atoms with Crippen molar-refractivity contribution in [2.45, 2.75) is 32.4 Å². The first-order valence-electron chi connectivity index (χ1n) is 11.1. The Morgan fingerprint density at radius 3 is 2.18 bits per heavy atom. The number of hydrogen-bond acceptors (Lipinski definition) is 6. The third kappa shape index (κ3) is 5.54. The summed E-state index contributed by atoms with van der Waals surface area (Å²) in [5, 5.41) is 11.2. The molecule has 1 atom stereocenters. The summed E-state index contributed by atoms with van der Waals surface area (Å²) in [7, 11) is 5.50. The van der Waals surface area contributed by atoms with Gasteiger partial charge in [0.1, 0.15) is 17.3 Å². The largest absolute Gasteiger partial charge is 0.507 e. The zero-order valence-electron chi connectivity index (χ0n) is 19.9. The summed E-state index contributed by atoms with van der Waals surface area (Å²) in [4.78, 5) is 29.6. The molecule has 33 heavy (non-hydrogen) atoms. The van der Waals surface area contributed by atoms with Crippen LogP contribution in [0, 0.1) is 0 Å². The van der Waals surface area contributed by atoms with E-state index in [9.17, 15) is 14.7 Å². The maximum absolute atomic E-state index is 13.1. The lowest BCUT2D eigenvalue weighted by Gasteiger charge is -2.26. The van der Waals surface area contributed by atoms with Crippen molar-refractivity contribution < 1.29 is 24.2 Å². The number of carbonyl (C=O) groups is 2. The van der Waals surface area contributed by atoms with Crippen molar-refractivity contribution in [3.05, 3.63) is 65.2 Å². The zero-order chi connectivity index (χ0) is 24.1. The number of nitrogens with zero attached hydrogens (tertiary/aromatic N) is 2. The molecule has 0 aliphatic carbocycles. The van der Waals surface area contributed by atoms with Gasteiger partial charge in [0, 0.05) is 12.1 Å². The molecule has 1 amide bonds. The van der Waals surface area contributed by atoms with Crippen molar-refractivity contribution in [3.8, 4) is 11.5 Å². The van der Waals surface area contributed by atoms with Gasteiger partial charge in [-0.05, 0) is 82.9 Å². The van der Waals surface area contributed by atoms with Crippen LogP contribution in [0.15, 0.2) is 54.1 Å². The van der Waals surface area contributed by atoms with E-state index < -0.39 is 17.7 Å². The Bertz CT molecular complexity index is 1010. The van der Waals surface area contributed by atoms with Crippen LogP contribution in [-0.2, 0) is 9.59 Å². The molecule has 1 N–H and O–H groups in total. The van der Waals surface area contributed by atoms with E-state index in [0.717, 1.165) is 12.1 Å². The molecule has 1 saturated heterocycles. The van der Waals surface area contributed by atoms with Crippen LogP contribution in [0.2, 0.25) is 0 Å². The summed E-state index contributed by atoms with van der Waals surface area (Å²) < 4.78 is 10.9. The van der Waals surface area contributed by atoms with Crippen LogP contribution in [-0.4, -0.2) is 67.0 Å². The molecule has 1 aliphatic heterocycles. The van der Waals surface area contributed by atoms with Crippen molar-refractivity contribution in [2.24, 2.45) is 0 Å². The maximum Gasteiger partial charge on any atom is 0.295 e. The monoisotopic (exact) mass is 452 g/mol. The minimum Gasteiger partial charge on any atom is -0.507 e. The Hall–Kier alpha value is -3.32. The molecule has 1 fully saturated rings. The Morgan fingerprint density at radius 1 is 1.03 bits per heavy atom. The van der Waals surface area contributed by atoms with Crippen LogP contribution in [0.25, 0.3) is 5.76 Å². The number of methoxy groups -OCH3 is 1. The van der Waals surface area contributed by atoms with Gasteiger partial charge >= 0.3 is 0 Å². The average Bonchev–Trinajstić information content (AvgIpc) is 3.03. The van der Waals surface area contributed by atoms with Gasteiger partial charge in [0.15, 0.2) is 0 Å². The minimum absolute atomic E-state index is 0.0204. The molecular weight excluding hydrogens is 420 g/mol. The van der Waals surface area contributed by atoms with Gasteiger partial charge in [-0.2, -0.15) is 0 Å². The normalized spacial score (nSPS) is 17.8. The SMILES string of the molecule is COc1ccc([C@H]2/C(=C(\O)c3ccc(OC(C)C)cc3)C(=O)C(=O)N2CCCN(C)C)cc1. The molecule has 0 aromatic heterocycles. The van der Waals surface area contributed by atoms with Crippen molar-refractivity contribution in [3.63, 3.8) is 0 Å².